The molecule has 5 heterocycles. The van der Waals surface area contributed by atoms with Crippen molar-refractivity contribution in [3.05, 3.63) is 59.3 Å². The van der Waals surface area contributed by atoms with Crippen LogP contribution in [0.3, 0.4) is 0 Å². The normalized spacial score (nSPS) is 23.4. The van der Waals surface area contributed by atoms with Crippen LogP contribution in [0, 0.1) is 19.8 Å². The zero-order valence-electron chi connectivity index (χ0n) is 17.9. The van der Waals surface area contributed by atoms with Gasteiger partial charge < -0.3 is 9.80 Å². The van der Waals surface area contributed by atoms with Crippen LogP contribution in [0.5, 0.6) is 0 Å². The SMILES string of the molecule is Cc1cn2nc(C3=CC(=O)N4C=C(C5CCN(CCF)CC5)C=CC4P3)cc2c(C)n1. The molecule has 3 aliphatic heterocycles. The van der Waals surface area contributed by atoms with Gasteiger partial charge in [0.2, 0.25) is 0 Å². The monoisotopic (exact) mass is 439 g/mol. The average molecular weight is 439 g/mol. The van der Waals surface area contributed by atoms with E-state index in [0.717, 1.165) is 53.8 Å². The molecule has 3 aliphatic rings. The summed E-state index contributed by atoms with van der Waals surface area (Å²) in [6.07, 6.45) is 12.1. The molecule has 0 spiro atoms. The summed E-state index contributed by atoms with van der Waals surface area (Å²) in [5.41, 5.74) is 4.91. The fraction of sp³-hybridized carbons (Fsp3) is 0.435. The van der Waals surface area contributed by atoms with Crippen LogP contribution in [-0.2, 0) is 4.79 Å². The highest BCUT2D eigenvalue weighted by molar-refractivity contribution is 7.51. The van der Waals surface area contributed by atoms with Gasteiger partial charge in [-0.2, -0.15) is 5.10 Å². The lowest BCUT2D eigenvalue weighted by Gasteiger charge is -2.37. The fourth-order valence-electron chi connectivity index (χ4n) is 4.72. The van der Waals surface area contributed by atoms with Crippen molar-refractivity contribution in [3.8, 4) is 0 Å². The number of hydrogen-bond donors (Lipinski definition) is 0. The molecule has 8 heteroatoms. The molecular weight excluding hydrogens is 412 g/mol. The van der Waals surface area contributed by atoms with E-state index in [1.165, 1.54) is 5.57 Å². The fourth-order valence-corrected chi connectivity index (χ4v) is 6.05. The first-order valence-corrected chi connectivity index (χ1v) is 11.9. The summed E-state index contributed by atoms with van der Waals surface area (Å²) in [6.45, 7) is 6.03. The number of nitrogens with zero attached hydrogens (tertiary/aromatic N) is 5. The molecule has 0 N–H and O–H groups in total. The summed E-state index contributed by atoms with van der Waals surface area (Å²) >= 11 is 0. The summed E-state index contributed by atoms with van der Waals surface area (Å²) in [4.78, 5) is 21.6. The topological polar surface area (TPSA) is 53.7 Å². The van der Waals surface area contributed by atoms with E-state index < -0.39 is 0 Å². The second kappa shape index (κ2) is 8.29. The molecular formula is C23H27FN5OP. The first-order valence-electron chi connectivity index (χ1n) is 10.8. The van der Waals surface area contributed by atoms with Crippen molar-refractivity contribution in [2.45, 2.75) is 32.5 Å². The van der Waals surface area contributed by atoms with Gasteiger partial charge in [0.25, 0.3) is 5.91 Å². The van der Waals surface area contributed by atoms with Gasteiger partial charge in [0.05, 0.1) is 34.6 Å². The smallest absolute Gasteiger partial charge is 0.252 e. The Morgan fingerprint density at radius 1 is 1.26 bits per heavy atom. The molecule has 0 aromatic carbocycles. The molecule has 2 aromatic heterocycles. The van der Waals surface area contributed by atoms with Crippen molar-refractivity contribution < 1.29 is 9.18 Å². The first kappa shape index (κ1) is 20.5. The van der Waals surface area contributed by atoms with E-state index in [0.29, 0.717) is 21.0 Å². The van der Waals surface area contributed by atoms with E-state index in [4.69, 9.17) is 5.10 Å². The van der Waals surface area contributed by atoms with Gasteiger partial charge in [-0.3, -0.25) is 9.78 Å². The number of alkyl halides is 1. The lowest BCUT2D eigenvalue weighted by Crippen LogP contribution is -2.38. The van der Waals surface area contributed by atoms with Crippen molar-refractivity contribution in [2.75, 3.05) is 26.3 Å². The lowest BCUT2D eigenvalue weighted by atomic mass is 9.88. The van der Waals surface area contributed by atoms with Crippen molar-refractivity contribution in [2.24, 2.45) is 5.92 Å². The van der Waals surface area contributed by atoms with Gasteiger partial charge in [-0.25, -0.2) is 8.91 Å². The molecule has 0 saturated carbocycles. The van der Waals surface area contributed by atoms with Gasteiger partial charge in [-0.1, -0.05) is 20.7 Å². The van der Waals surface area contributed by atoms with Gasteiger partial charge in [0.1, 0.15) is 6.67 Å². The van der Waals surface area contributed by atoms with Crippen LogP contribution in [0.1, 0.15) is 29.9 Å². The summed E-state index contributed by atoms with van der Waals surface area (Å²) in [6, 6.07) is 2.03. The summed E-state index contributed by atoms with van der Waals surface area (Å²) in [5.74, 6) is 0.499. The van der Waals surface area contributed by atoms with E-state index in [9.17, 15) is 9.18 Å². The number of carbonyl (C=O) groups is 1. The maximum Gasteiger partial charge on any atom is 0.252 e. The Morgan fingerprint density at radius 3 is 2.84 bits per heavy atom. The molecule has 1 fully saturated rings. The van der Waals surface area contributed by atoms with Crippen LogP contribution >= 0.6 is 8.58 Å². The van der Waals surface area contributed by atoms with Crippen molar-refractivity contribution in [1.82, 2.24) is 24.4 Å². The predicted octanol–water partition coefficient (Wildman–Crippen LogP) is 3.67. The Hall–Kier alpha value is -2.37. The molecule has 31 heavy (non-hydrogen) atoms. The maximum atomic E-state index is 13.0. The highest BCUT2D eigenvalue weighted by Crippen LogP contribution is 2.45. The minimum absolute atomic E-state index is 0.0125. The lowest BCUT2D eigenvalue weighted by molar-refractivity contribution is -0.123. The third kappa shape index (κ3) is 3.97. The molecule has 162 valence electrons. The van der Waals surface area contributed by atoms with Crippen LogP contribution < -0.4 is 0 Å². The van der Waals surface area contributed by atoms with E-state index >= 15 is 0 Å². The molecule has 5 rings (SSSR count). The number of hydrogen-bond acceptors (Lipinski definition) is 4. The van der Waals surface area contributed by atoms with E-state index in [2.05, 4.69) is 22.0 Å². The molecule has 6 nitrogen and oxygen atoms in total. The van der Waals surface area contributed by atoms with E-state index in [1.807, 2.05) is 41.7 Å². The Labute approximate surface area is 183 Å². The highest BCUT2D eigenvalue weighted by atomic mass is 31.1. The van der Waals surface area contributed by atoms with Crippen LogP contribution in [0.4, 0.5) is 4.39 Å². The first-order chi connectivity index (χ1) is 15.0. The minimum Gasteiger partial charge on any atom is -0.304 e. The summed E-state index contributed by atoms with van der Waals surface area (Å²) in [5, 5.41) is 5.71. The van der Waals surface area contributed by atoms with Crippen LogP contribution in [0.2, 0.25) is 0 Å². The second-order valence-electron chi connectivity index (χ2n) is 8.51. The number of aryl methyl sites for hydroxylation is 2. The number of fused-ring (bicyclic) bond motifs is 2. The van der Waals surface area contributed by atoms with Crippen LogP contribution in [0.25, 0.3) is 10.8 Å². The van der Waals surface area contributed by atoms with Crippen LogP contribution in [-0.4, -0.2) is 62.4 Å². The number of halogens is 1. The third-order valence-corrected chi connectivity index (χ3v) is 7.86. The number of amides is 1. The Morgan fingerprint density at radius 2 is 2.06 bits per heavy atom. The zero-order valence-corrected chi connectivity index (χ0v) is 18.9. The molecule has 1 amide bonds. The Bertz CT molecular complexity index is 1110. The second-order valence-corrected chi connectivity index (χ2v) is 9.93. The quantitative estimate of drug-likeness (QED) is 0.683. The average Bonchev–Trinajstić information content (AvgIpc) is 3.19. The van der Waals surface area contributed by atoms with Gasteiger partial charge in [0.15, 0.2) is 0 Å². The molecule has 2 aromatic rings. The Kier molecular flexibility index (Phi) is 5.49. The Balaban J connectivity index is 1.35. The third-order valence-electron chi connectivity index (χ3n) is 6.38. The molecule has 0 aliphatic carbocycles. The van der Waals surface area contributed by atoms with E-state index in [-0.39, 0.29) is 18.4 Å². The predicted molar refractivity (Wildman–Crippen MR) is 122 cm³/mol. The number of piperidine rings is 1. The highest BCUT2D eigenvalue weighted by Gasteiger charge is 2.31. The molecule has 2 unspecified atom stereocenters. The molecule has 1 saturated heterocycles. The van der Waals surface area contributed by atoms with Gasteiger partial charge in [-0.05, 0) is 57.3 Å². The summed E-state index contributed by atoms with van der Waals surface area (Å²) < 4.78 is 14.4. The number of carbonyl (C=O) groups excluding carboxylic acids is 1. The number of aromatic nitrogens is 3. The van der Waals surface area contributed by atoms with Crippen LogP contribution in [0.15, 0.2) is 42.3 Å². The molecule has 0 bridgehead atoms. The standard InChI is InChI=1S/C23H27FN5OP/c1-15-13-29-20(16(2)25-15)11-19(26-29)21-12-22(30)28-14-18(3-4-23(28)31-21)17-5-8-27(9-6-17)10-7-24/h3-4,11-14,17,23,31H,5-10H2,1-2H3. The van der Waals surface area contributed by atoms with Crippen molar-refractivity contribution >= 4 is 25.3 Å². The zero-order chi connectivity index (χ0) is 21.5. The van der Waals surface area contributed by atoms with E-state index in [1.54, 1.807) is 6.08 Å². The summed E-state index contributed by atoms with van der Waals surface area (Å²) in [7, 11) is 0.448. The molecule has 2 atom stereocenters. The minimum atomic E-state index is -0.283. The van der Waals surface area contributed by atoms with Gasteiger partial charge in [0, 0.05) is 24.1 Å². The van der Waals surface area contributed by atoms with Crippen molar-refractivity contribution in [1.29, 1.82) is 0 Å². The molecule has 0 radical (unpaired) electrons. The number of allylic oxidation sites excluding steroid dienone is 2. The number of rotatable bonds is 4. The van der Waals surface area contributed by atoms with Crippen molar-refractivity contribution in [3.63, 3.8) is 0 Å². The largest absolute Gasteiger partial charge is 0.304 e. The van der Waals surface area contributed by atoms with Gasteiger partial charge >= 0.3 is 0 Å². The maximum absolute atomic E-state index is 13.0. The number of likely N-dealkylation sites (tertiary alicyclic amines) is 1. The van der Waals surface area contributed by atoms with Gasteiger partial charge in [-0.15, -0.1) is 0 Å².